The molecular formula is C40H52ClN5O8S. The van der Waals surface area contributed by atoms with Gasteiger partial charge in [-0.05, 0) is 82.8 Å². The number of nitrogens with zero attached hydrogens (tertiary/aromatic N) is 2. The zero-order valence-corrected chi connectivity index (χ0v) is 33.8. The molecule has 3 aliphatic heterocycles. The molecule has 15 heteroatoms. The van der Waals surface area contributed by atoms with Crippen molar-refractivity contribution in [2.24, 2.45) is 11.3 Å². The first-order valence-corrected chi connectivity index (χ1v) is 21.3. The first kappa shape index (κ1) is 39.3. The number of halogens is 1. The minimum Gasteiger partial charge on any atom is -0.483 e. The van der Waals surface area contributed by atoms with Crippen LogP contribution in [-0.4, -0.2) is 83.2 Å². The van der Waals surface area contributed by atoms with Gasteiger partial charge in [0.1, 0.15) is 29.0 Å². The number of carbonyl (C=O) groups excluding carboxylic acids is 4. The van der Waals surface area contributed by atoms with E-state index in [0.29, 0.717) is 61.4 Å². The minimum atomic E-state index is -3.99. The van der Waals surface area contributed by atoms with Crippen molar-refractivity contribution in [1.82, 2.24) is 25.2 Å². The van der Waals surface area contributed by atoms with Crippen LogP contribution in [0.15, 0.2) is 30.4 Å². The number of allylic oxidation sites excluding steroid dienone is 1. The van der Waals surface area contributed by atoms with E-state index in [2.05, 4.69) is 15.4 Å². The molecule has 3 fully saturated rings. The smallest absolute Gasteiger partial charge is 0.407 e. The second-order valence-electron chi connectivity index (χ2n) is 17.7. The number of carbonyl (C=O) groups is 4. The molecule has 1 saturated heterocycles. The fraction of sp³-hybridized carbons (Fsp3) is 0.625. The predicted octanol–water partition coefficient (Wildman–Crippen LogP) is 5.40. The van der Waals surface area contributed by atoms with Crippen molar-refractivity contribution in [3.05, 3.63) is 46.6 Å². The second-order valence-corrected chi connectivity index (χ2v) is 20.3. The van der Waals surface area contributed by atoms with Crippen LogP contribution in [0.5, 0.6) is 5.75 Å². The van der Waals surface area contributed by atoms with Crippen LogP contribution >= 0.6 is 11.6 Å². The molecule has 0 radical (unpaired) electrons. The van der Waals surface area contributed by atoms with Crippen molar-refractivity contribution < 1.29 is 37.1 Å². The molecule has 5 aliphatic rings. The third-order valence-corrected chi connectivity index (χ3v) is 14.3. The Morgan fingerprint density at radius 2 is 1.89 bits per heavy atom. The number of rotatable bonds is 5. The Bertz CT molecular complexity index is 2060. The van der Waals surface area contributed by atoms with E-state index in [0.717, 1.165) is 29.3 Å². The fourth-order valence-corrected chi connectivity index (χ4v) is 9.61. The quantitative estimate of drug-likeness (QED) is 0.335. The Kier molecular flexibility index (Phi) is 10.2. The average Bonchev–Trinajstić information content (AvgIpc) is 4.00. The SMILES string of the molecule is Cc1nc2cc(Cl)ccc2c2c1O[C@]1(CC2)C[C@H]2C(=O)N[C@]3(C(=O)NS(=O)(=O)C4(C)CC4)CC3/C=C\CCCCC[C@H](NC(=O)OCC(C)(C)C)C(=O)N2C1. The molecule has 5 atom stereocenters. The molecule has 1 aromatic carbocycles. The van der Waals surface area contributed by atoms with Gasteiger partial charge in [-0.1, -0.05) is 63.4 Å². The van der Waals surface area contributed by atoms with Gasteiger partial charge in [0, 0.05) is 28.3 Å². The summed E-state index contributed by atoms with van der Waals surface area (Å²) in [6.07, 6.45) is 8.65. The van der Waals surface area contributed by atoms with Gasteiger partial charge in [0.2, 0.25) is 21.8 Å². The summed E-state index contributed by atoms with van der Waals surface area (Å²) in [5.74, 6) is -1.66. The molecule has 3 N–H and O–H groups in total. The van der Waals surface area contributed by atoms with Crippen molar-refractivity contribution in [2.75, 3.05) is 13.2 Å². The molecule has 298 valence electrons. The maximum atomic E-state index is 14.7. The molecule has 2 aliphatic carbocycles. The highest BCUT2D eigenvalue weighted by atomic mass is 35.5. The minimum absolute atomic E-state index is 0.0476. The highest BCUT2D eigenvalue weighted by molar-refractivity contribution is 7.91. The molecule has 13 nitrogen and oxygen atoms in total. The van der Waals surface area contributed by atoms with E-state index in [1.165, 1.54) is 4.90 Å². The topological polar surface area (TPSA) is 173 Å². The highest BCUT2D eigenvalue weighted by Gasteiger charge is 2.64. The van der Waals surface area contributed by atoms with Gasteiger partial charge in [-0.3, -0.25) is 19.1 Å². The first-order valence-electron chi connectivity index (χ1n) is 19.4. The monoisotopic (exact) mass is 797 g/mol. The molecule has 1 aromatic heterocycles. The molecule has 4 amide bonds. The van der Waals surface area contributed by atoms with E-state index in [4.69, 9.17) is 26.1 Å². The van der Waals surface area contributed by atoms with E-state index in [9.17, 15) is 27.6 Å². The lowest BCUT2D eigenvalue weighted by atomic mass is 9.87. The Morgan fingerprint density at radius 3 is 2.62 bits per heavy atom. The Balaban J connectivity index is 1.22. The third-order valence-electron chi connectivity index (χ3n) is 11.9. The number of alkyl carbamates (subject to hydrolysis) is 1. The van der Waals surface area contributed by atoms with Crippen LogP contribution in [0.25, 0.3) is 10.9 Å². The Labute approximate surface area is 327 Å². The van der Waals surface area contributed by atoms with Crippen LogP contribution < -0.4 is 20.1 Å². The number of sulfonamides is 1. The number of pyridine rings is 1. The predicted molar refractivity (Wildman–Crippen MR) is 207 cm³/mol. The number of amides is 4. The molecule has 7 rings (SSSR count). The van der Waals surface area contributed by atoms with Gasteiger partial charge in [-0.15, -0.1) is 0 Å². The summed E-state index contributed by atoms with van der Waals surface area (Å²) in [6.45, 7) is 9.46. The van der Waals surface area contributed by atoms with Gasteiger partial charge in [-0.2, -0.15) is 0 Å². The van der Waals surface area contributed by atoms with Gasteiger partial charge >= 0.3 is 6.09 Å². The van der Waals surface area contributed by atoms with Crippen molar-refractivity contribution in [2.45, 2.75) is 133 Å². The molecule has 4 heterocycles. The van der Waals surface area contributed by atoms with Crippen LogP contribution in [0.2, 0.25) is 5.02 Å². The molecule has 2 aromatic rings. The van der Waals surface area contributed by atoms with Gasteiger partial charge in [0.05, 0.1) is 29.1 Å². The van der Waals surface area contributed by atoms with Crippen molar-refractivity contribution in [3.63, 3.8) is 0 Å². The third kappa shape index (κ3) is 7.90. The summed E-state index contributed by atoms with van der Waals surface area (Å²) in [5, 5.41) is 7.23. The number of hydrogen-bond acceptors (Lipinski definition) is 9. The van der Waals surface area contributed by atoms with Gasteiger partial charge < -0.3 is 25.0 Å². The largest absolute Gasteiger partial charge is 0.483 e. The normalized spacial score (nSPS) is 29.7. The molecule has 2 saturated carbocycles. The van der Waals surface area contributed by atoms with Crippen LogP contribution in [0.3, 0.4) is 0 Å². The van der Waals surface area contributed by atoms with E-state index in [1.54, 1.807) is 6.92 Å². The average molecular weight is 798 g/mol. The van der Waals surface area contributed by atoms with Crippen molar-refractivity contribution >= 4 is 56.3 Å². The molecular weight excluding hydrogens is 746 g/mol. The summed E-state index contributed by atoms with van der Waals surface area (Å²) < 4.78 is 40.0. The number of aromatic nitrogens is 1. The van der Waals surface area contributed by atoms with E-state index >= 15 is 0 Å². The number of ether oxygens (including phenoxy) is 2. The zero-order valence-electron chi connectivity index (χ0n) is 32.3. The number of aryl methyl sites for hydroxylation is 2. The van der Waals surface area contributed by atoms with Gasteiger partial charge in [0.15, 0.2) is 0 Å². The summed E-state index contributed by atoms with van der Waals surface area (Å²) in [7, 11) is -3.99. The number of fused-ring (bicyclic) bond motifs is 5. The van der Waals surface area contributed by atoms with Gasteiger partial charge in [0.25, 0.3) is 5.91 Å². The number of hydrogen-bond donors (Lipinski definition) is 3. The second kappa shape index (κ2) is 14.2. The maximum absolute atomic E-state index is 14.7. The van der Waals surface area contributed by atoms with Crippen LogP contribution in [0, 0.1) is 18.3 Å². The zero-order chi connectivity index (χ0) is 39.6. The van der Waals surface area contributed by atoms with Crippen molar-refractivity contribution in [3.8, 4) is 5.75 Å². The molecule has 55 heavy (non-hydrogen) atoms. The lowest BCUT2D eigenvalue weighted by Crippen LogP contribution is -2.58. The van der Waals surface area contributed by atoms with Crippen LogP contribution in [0.4, 0.5) is 4.79 Å². The fourth-order valence-electron chi connectivity index (χ4n) is 8.13. The summed E-state index contributed by atoms with van der Waals surface area (Å²) in [4.78, 5) is 62.6. The lowest BCUT2D eigenvalue weighted by molar-refractivity contribution is -0.141. The first-order chi connectivity index (χ1) is 25.8. The standard InChI is InChI=1S/C40H52ClN5O8S/c1-24-32-28(27-14-13-26(41)19-30(27)42-24)15-16-39(54-32)21-31-33(47)44-40(35(49)45-55(51,52)38(5)17-18-38)20-25(40)11-9-7-6-8-10-12-29(34(48)46(31)22-39)43-36(50)53-23-37(2,3)4/h9,11,13-14,19,25,29,31H,6-8,10,12,15-18,20-23H2,1-5H3,(H,43,50)(H,44,47)(H,45,49)/b11-9-/t25?,29-,31-,39+,40+/m0/s1. The molecule has 1 unspecified atom stereocenters. The van der Waals surface area contributed by atoms with Crippen molar-refractivity contribution in [1.29, 1.82) is 0 Å². The van der Waals surface area contributed by atoms with E-state index in [-0.39, 0.29) is 31.4 Å². The maximum Gasteiger partial charge on any atom is 0.407 e. The highest BCUT2D eigenvalue weighted by Crippen LogP contribution is 2.49. The summed E-state index contributed by atoms with van der Waals surface area (Å²) >= 11 is 6.28. The number of nitrogens with one attached hydrogen (secondary N) is 3. The molecule has 1 spiro atoms. The van der Waals surface area contributed by atoms with E-state index < -0.39 is 67.7 Å². The Hall–Kier alpha value is -3.91. The Morgan fingerprint density at radius 1 is 1.13 bits per heavy atom. The van der Waals surface area contributed by atoms with Gasteiger partial charge in [-0.25, -0.2) is 18.2 Å². The molecule has 0 bridgehead atoms. The summed E-state index contributed by atoms with van der Waals surface area (Å²) in [5.41, 5.74) is -0.412. The lowest BCUT2D eigenvalue weighted by Gasteiger charge is -2.36. The van der Waals surface area contributed by atoms with Crippen LogP contribution in [-0.2, 0) is 35.6 Å². The van der Waals surface area contributed by atoms with E-state index in [1.807, 2.05) is 58.0 Å². The summed E-state index contributed by atoms with van der Waals surface area (Å²) in [6, 6.07) is 3.47. The number of benzene rings is 1. The van der Waals surface area contributed by atoms with Crippen LogP contribution in [0.1, 0.15) is 103 Å².